The lowest BCUT2D eigenvalue weighted by Crippen LogP contribution is -2.62. The van der Waals surface area contributed by atoms with E-state index in [-0.39, 0.29) is 45.4 Å². The van der Waals surface area contributed by atoms with Gasteiger partial charge in [0.25, 0.3) is 0 Å². The van der Waals surface area contributed by atoms with E-state index in [4.69, 9.17) is 48.4 Å². The van der Waals surface area contributed by atoms with E-state index in [0.29, 0.717) is 12.8 Å². The number of rotatable bonds is 22. The summed E-state index contributed by atoms with van der Waals surface area (Å²) in [7, 11) is 0. The van der Waals surface area contributed by atoms with Crippen molar-refractivity contribution in [3.05, 3.63) is 132 Å². The standard InChI is InChI=1S/C52H67N5O16/c1-3-35-19-21-37(56-51(63)66-29-33-15-9-5-10-16-33)47(68-35)71-44-31(2)25-39(54-24-23-41(53)59)42(60)46(44)73-49-43(61)45(40(27-58)70-49)72-48-38(57-52(64)67-30-34-17-11-6-12-18-34)22-20-36(69-48)26-55-50(62)65-28-32-13-7-4-8-14-32/h4-22,31,35-40,42-49,54,58,60-61H,3,23-30H2,1-2H3,(H2,53,59)(H,55,62)(H,56,63)(H,57,64). The number of hydrogen-bond donors (Lipinski definition) is 8. The van der Waals surface area contributed by atoms with Crippen LogP contribution in [0.25, 0.3) is 0 Å². The van der Waals surface area contributed by atoms with Crippen LogP contribution in [0.1, 0.15) is 49.8 Å². The number of amides is 4. The summed E-state index contributed by atoms with van der Waals surface area (Å²) in [5.74, 6) is -0.934. The van der Waals surface area contributed by atoms with Crippen molar-refractivity contribution >= 4 is 24.2 Å². The molecule has 0 spiro atoms. The number of nitrogens with two attached hydrogens (primary N) is 1. The van der Waals surface area contributed by atoms with Crippen LogP contribution >= 0.6 is 0 Å². The molecule has 7 rings (SSSR count). The SMILES string of the molecule is CCC1C=CC(NC(=O)OCc2ccccc2)C(OC2C(C)CC(NCCC(N)=O)C(O)C2OC2OC(CO)C(OC3OC(CNC(=O)OCc4ccccc4)C=CC3NC(=O)OCc3ccccc3)C2O)O1. The van der Waals surface area contributed by atoms with Gasteiger partial charge in [-0.3, -0.25) is 4.79 Å². The fraction of sp³-hybridized carbons (Fsp3) is 0.500. The summed E-state index contributed by atoms with van der Waals surface area (Å²) in [5.41, 5.74) is 7.75. The second kappa shape index (κ2) is 27.3. The number of nitrogens with one attached hydrogen (secondary N) is 4. The van der Waals surface area contributed by atoms with E-state index in [9.17, 15) is 34.5 Å². The van der Waals surface area contributed by atoms with E-state index in [2.05, 4.69) is 21.3 Å². The summed E-state index contributed by atoms with van der Waals surface area (Å²) in [6.45, 7) is 3.22. The van der Waals surface area contributed by atoms with Crippen LogP contribution < -0.4 is 27.0 Å². The number of alkyl carbamates (subject to hydrolysis) is 3. The van der Waals surface area contributed by atoms with E-state index in [0.717, 1.165) is 16.7 Å². The molecule has 9 N–H and O–H groups in total. The minimum atomic E-state index is -1.65. The molecule has 73 heavy (non-hydrogen) atoms. The molecular weight excluding hydrogens is 951 g/mol. The first kappa shape index (κ1) is 54.8. The van der Waals surface area contributed by atoms with Gasteiger partial charge in [-0.05, 0) is 35.4 Å². The first-order valence-electron chi connectivity index (χ1n) is 24.5. The Balaban J connectivity index is 1.06. The topological polar surface area (TPSA) is 286 Å². The van der Waals surface area contributed by atoms with E-state index >= 15 is 0 Å². The van der Waals surface area contributed by atoms with Crippen LogP contribution in [0.15, 0.2) is 115 Å². The zero-order chi connectivity index (χ0) is 51.7. The number of benzene rings is 3. The molecule has 4 aliphatic rings. The first-order valence-corrected chi connectivity index (χ1v) is 24.5. The highest BCUT2D eigenvalue weighted by atomic mass is 16.8. The Morgan fingerprint density at radius 3 is 1.64 bits per heavy atom. The summed E-state index contributed by atoms with van der Waals surface area (Å²) in [5, 5.41) is 46.1. The van der Waals surface area contributed by atoms with Gasteiger partial charge in [-0.25, -0.2) is 14.4 Å². The molecule has 3 aliphatic heterocycles. The van der Waals surface area contributed by atoms with Gasteiger partial charge in [0.15, 0.2) is 18.9 Å². The number of hydrogen-bond acceptors (Lipinski definition) is 17. The van der Waals surface area contributed by atoms with Crippen molar-refractivity contribution in [1.82, 2.24) is 21.3 Å². The average molecular weight is 1020 g/mol. The Morgan fingerprint density at radius 2 is 1.12 bits per heavy atom. The third-order valence-electron chi connectivity index (χ3n) is 12.7. The zero-order valence-corrected chi connectivity index (χ0v) is 40.7. The molecule has 1 saturated heterocycles. The van der Waals surface area contributed by atoms with Crippen LogP contribution in [-0.2, 0) is 67.2 Å². The molecule has 1 saturated carbocycles. The van der Waals surface area contributed by atoms with Crippen LogP contribution in [0.3, 0.4) is 0 Å². The Labute approximate surface area is 423 Å². The smallest absolute Gasteiger partial charge is 0.408 e. The van der Waals surface area contributed by atoms with Crippen molar-refractivity contribution in [2.75, 3.05) is 19.7 Å². The van der Waals surface area contributed by atoms with Crippen molar-refractivity contribution in [2.24, 2.45) is 11.7 Å². The average Bonchev–Trinajstić information content (AvgIpc) is 3.70. The molecule has 2 fully saturated rings. The lowest BCUT2D eigenvalue weighted by molar-refractivity contribution is -0.287. The predicted octanol–water partition coefficient (Wildman–Crippen LogP) is 2.94. The van der Waals surface area contributed by atoms with Gasteiger partial charge in [0.05, 0.1) is 37.6 Å². The molecule has 21 heteroatoms. The zero-order valence-electron chi connectivity index (χ0n) is 40.7. The quantitative estimate of drug-likeness (QED) is 0.0530. The molecular formula is C52H67N5O16. The van der Waals surface area contributed by atoms with Gasteiger partial charge in [0.1, 0.15) is 56.3 Å². The van der Waals surface area contributed by atoms with E-state index in [1.165, 1.54) is 0 Å². The summed E-state index contributed by atoms with van der Waals surface area (Å²) in [4.78, 5) is 50.7. The lowest BCUT2D eigenvalue weighted by Gasteiger charge is -2.46. The second-order valence-electron chi connectivity index (χ2n) is 18.2. The molecule has 15 atom stereocenters. The molecule has 0 bridgehead atoms. The van der Waals surface area contributed by atoms with Gasteiger partial charge in [-0.1, -0.05) is 129 Å². The Bertz CT molecular complexity index is 2260. The van der Waals surface area contributed by atoms with Crippen LogP contribution in [0.5, 0.6) is 0 Å². The van der Waals surface area contributed by atoms with Crippen molar-refractivity contribution in [2.45, 2.75) is 139 Å². The minimum absolute atomic E-state index is 0.00658. The number of carbonyl (C=O) groups excluding carboxylic acids is 4. The highest BCUT2D eigenvalue weighted by Gasteiger charge is 2.53. The van der Waals surface area contributed by atoms with Crippen LogP contribution in [0, 0.1) is 5.92 Å². The van der Waals surface area contributed by atoms with Crippen LogP contribution in [-0.4, -0.2) is 145 Å². The predicted molar refractivity (Wildman–Crippen MR) is 259 cm³/mol. The Kier molecular flexibility index (Phi) is 20.5. The molecule has 21 nitrogen and oxygen atoms in total. The minimum Gasteiger partial charge on any atom is -0.445 e. The highest BCUT2D eigenvalue weighted by molar-refractivity contribution is 5.73. The molecule has 396 valence electrons. The number of aliphatic hydroxyl groups excluding tert-OH is 3. The summed E-state index contributed by atoms with van der Waals surface area (Å²) < 4.78 is 54.6. The van der Waals surface area contributed by atoms with Gasteiger partial charge in [-0.2, -0.15) is 0 Å². The monoisotopic (exact) mass is 1020 g/mol. The van der Waals surface area contributed by atoms with Crippen molar-refractivity contribution in [3.8, 4) is 0 Å². The van der Waals surface area contributed by atoms with Gasteiger partial charge in [0, 0.05) is 19.0 Å². The van der Waals surface area contributed by atoms with Gasteiger partial charge in [0.2, 0.25) is 5.91 Å². The van der Waals surface area contributed by atoms with Gasteiger partial charge in [-0.15, -0.1) is 0 Å². The van der Waals surface area contributed by atoms with Crippen LogP contribution in [0.4, 0.5) is 14.4 Å². The molecule has 4 amide bonds. The molecule has 1 aliphatic carbocycles. The summed E-state index contributed by atoms with van der Waals surface area (Å²) >= 11 is 0. The first-order chi connectivity index (χ1) is 35.4. The van der Waals surface area contributed by atoms with Crippen LogP contribution in [0.2, 0.25) is 0 Å². The molecule has 0 aromatic heterocycles. The number of aliphatic hydroxyl groups is 3. The molecule has 15 unspecified atom stereocenters. The highest BCUT2D eigenvalue weighted by Crippen LogP contribution is 2.36. The van der Waals surface area contributed by atoms with Crippen molar-refractivity contribution in [1.29, 1.82) is 0 Å². The molecule has 3 heterocycles. The van der Waals surface area contributed by atoms with E-state index in [1.54, 1.807) is 30.4 Å². The summed E-state index contributed by atoms with van der Waals surface area (Å²) in [6.07, 6.45) is -7.66. The van der Waals surface area contributed by atoms with E-state index < -0.39 is 116 Å². The second-order valence-corrected chi connectivity index (χ2v) is 18.2. The maximum Gasteiger partial charge on any atom is 0.408 e. The largest absolute Gasteiger partial charge is 0.445 e. The summed E-state index contributed by atoms with van der Waals surface area (Å²) in [6, 6.07) is 24.9. The number of carbonyl (C=O) groups is 4. The molecule has 0 radical (unpaired) electrons. The van der Waals surface area contributed by atoms with Crippen molar-refractivity contribution in [3.63, 3.8) is 0 Å². The fourth-order valence-corrected chi connectivity index (χ4v) is 8.82. The number of ether oxygens (including phenoxy) is 9. The van der Waals surface area contributed by atoms with Gasteiger partial charge < -0.3 is 85.0 Å². The third-order valence-corrected chi connectivity index (χ3v) is 12.7. The van der Waals surface area contributed by atoms with Gasteiger partial charge >= 0.3 is 18.3 Å². The maximum absolute atomic E-state index is 13.2. The lowest BCUT2D eigenvalue weighted by atomic mass is 9.80. The maximum atomic E-state index is 13.2. The normalized spacial score (nSPS) is 30.7. The fourth-order valence-electron chi connectivity index (χ4n) is 8.82. The Hall–Kier alpha value is -5.98. The Morgan fingerprint density at radius 1 is 0.630 bits per heavy atom. The molecule has 3 aromatic carbocycles. The van der Waals surface area contributed by atoms with Crippen molar-refractivity contribution < 1.29 is 77.1 Å². The van der Waals surface area contributed by atoms with E-state index in [1.807, 2.05) is 98.8 Å². The third kappa shape index (κ3) is 16.0. The molecule has 3 aromatic rings. The number of primary amides is 1.